The maximum absolute atomic E-state index is 11.8. The van der Waals surface area contributed by atoms with Crippen LogP contribution >= 0.6 is 0 Å². The van der Waals surface area contributed by atoms with Crippen molar-refractivity contribution in [3.63, 3.8) is 0 Å². The number of rotatable bonds is 9. The summed E-state index contributed by atoms with van der Waals surface area (Å²) in [6.45, 7) is 4.47. The number of aromatic nitrogens is 2. The number of carbonyl (C=O) groups is 2. The highest BCUT2D eigenvalue weighted by atomic mass is 16.4. The maximum Gasteiger partial charge on any atom is 0.303 e. The Balaban J connectivity index is 2.32. The highest BCUT2D eigenvalue weighted by Crippen LogP contribution is 2.17. The zero-order valence-electron chi connectivity index (χ0n) is 12.1. The second-order valence-corrected chi connectivity index (χ2v) is 5.07. The molecule has 0 aromatic carbocycles. The number of hydrogen-bond donors (Lipinski definition) is 3. The SMILES string of the molecule is CCCC(CCNC(=O)c1cc(C)[nH]n1)CCC(=O)O. The van der Waals surface area contributed by atoms with Crippen molar-refractivity contribution in [2.75, 3.05) is 6.54 Å². The lowest BCUT2D eigenvalue weighted by molar-refractivity contribution is -0.137. The summed E-state index contributed by atoms with van der Waals surface area (Å²) >= 11 is 0. The van der Waals surface area contributed by atoms with E-state index in [-0.39, 0.29) is 12.3 Å². The van der Waals surface area contributed by atoms with Gasteiger partial charge in [0.2, 0.25) is 0 Å². The van der Waals surface area contributed by atoms with Gasteiger partial charge in [0.25, 0.3) is 5.91 Å². The van der Waals surface area contributed by atoms with Gasteiger partial charge in [-0.15, -0.1) is 0 Å². The number of amides is 1. The fraction of sp³-hybridized carbons (Fsp3) is 0.643. The van der Waals surface area contributed by atoms with Crippen LogP contribution in [0.4, 0.5) is 0 Å². The molecule has 0 spiro atoms. The van der Waals surface area contributed by atoms with Crippen molar-refractivity contribution in [2.24, 2.45) is 5.92 Å². The van der Waals surface area contributed by atoms with Gasteiger partial charge in [-0.3, -0.25) is 14.7 Å². The number of hydrogen-bond acceptors (Lipinski definition) is 3. The number of carboxylic acid groups (broad SMARTS) is 1. The van der Waals surface area contributed by atoms with Gasteiger partial charge in [-0.05, 0) is 31.7 Å². The lowest BCUT2D eigenvalue weighted by Gasteiger charge is -2.15. The normalized spacial score (nSPS) is 12.1. The van der Waals surface area contributed by atoms with E-state index in [0.29, 0.717) is 24.6 Å². The van der Waals surface area contributed by atoms with Gasteiger partial charge in [0, 0.05) is 18.7 Å². The maximum atomic E-state index is 11.8. The molecule has 0 aliphatic carbocycles. The van der Waals surface area contributed by atoms with Crippen LogP contribution in [0.25, 0.3) is 0 Å². The number of aryl methyl sites for hydroxylation is 1. The highest BCUT2D eigenvalue weighted by Gasteiger charge is 2.12. The van der Waals surface area contributed by atoms with Crippen LogP contribution in [-0.4, -0.2) is 33.7 Å². The summed E-state index contributed by atoms with van der Waals surface area (Å²) in [7, 11) is 0. The van der Waals surface area contributed by atoms with Gasteiger partial charge in [-0.1, -0.05) is 19.8 Å². The largest absolute Gasteiger partial charge is 0.481 e. The summed E-state index contributed by atoms with van der Waals surface area (Å²) in [6, 6.07) is 1.70. The second kappa shape index (κ2) is 8.35. The average molecular weight is 281 g/mol. The molecule has 0 radical (unpaired) electrons. The molecular weight excluding hydrogens is 258 g/mol. The Morgan fingerprint density at radius 2 is 2.15 bits per heavy atom. The minimum Gasteiger partial charge on any atom is -0.481 e. The Morgan fingerprint density at radius 1 is 1.40 bits per heavy atom. The molecule has 0 bridgehead atoms. The zero-order valence-corrected chi connectivity index (χ0v) is 12.1. The van der Waals surface area contributed by atoms with Gasteiger partial charge in [-0.25, -0.2) is 0 Å². The van der Waals surface area contributed by atoms with Crippen LogP contribution in [0.5, 0.6) is 0 Å². The van der Waals surface area contributed by atoms with Crippen molar-refractivity contribution < 1.29 is 14.7 Å². The number of nitrogens with zero attached hydrogens (tertiary/aromatic N) is 1. The third-order valence-corrected chi connectivity index (χ3v) is 3.24. The Hall–Kier alpha value is -1.85. The van der Waals surface area contributed by atoms with E-state index in [0.717, 1.165) is 25.0 Å². The molecule has 1 atom stereocenters. The van der Waals surface area contributed by atoms with Crippen LogP contribution in [0.15, 0.2) is 6.07 Å². The van der Waals surface area contributed by atoms with Gasteiger partial charge >= 0.3 is 5.97 Å². The van der Waals surface area contributed by atoms with Crippen molar-refractivity contribution in [3.05, 3.63) is 17.5 Å². The highest BCUT2D eigenvalue weighted by molar-refractivity contribution is 5.92. The first-order valence-corrected chi connectivity index (χ1v) is 7.05. The monoisotopic (exact) mass is 281 g/mol. The third kappa shape index (κ3) is 5.86. The quantitative estimate of drug-likeness (QED) is 0.646. The van der Waals surface area contributed by atoms with E-state index in [4.69, 9.17) is 5.11 Å². The number of H-pyrrole nitrogens is 1. The lowest BCUT2D eigenvalue weighted by atomic mass is 9.94. The molecule has 6 heteroatoms. The summed E-state index contributed by atoms with van der Waals surface area (Å²) in [5, 5.41) is 18.2. The Morgan fingerprint density at radius 3 is 2.70 bits per heavy atom. The number of aromatic amines is 1. The van der Waals surface area contributed by atoms with E-state index >= 15 is 0 Å². The van der Waals surface area contributed by atoms with Crippen LogP contribution in [0.3, 0.4) is 0 Å². The number of carbonyl (C=O) groups excluding carboxylic acids is 1. The number of aliphatic carboxylic acids is 1. The molecule has 1 aromatic heterocycles. The first kappa shape index (κ1) is 16.2. The van der Waals surface area contributed by atoms with E-state index in [2.05, 4.69) is 22.4 Å². The third-order valence-electron chi connectivity index (χ3n) is 3.24. The summed E-state index contributed by atoms with van der Waals surface area (Å²) in [5.74, 6) is -0.609. The fourth-order valence-electron chi connectivity index (χ4n) is 2.18. The molecule has 3 N–H and O–H groups in total. The van der Waals surface area contributed by atoms with Gasteiger partial charge in [0.15, 0.2) is 0 Å². The average Bonchev–Trinajstić information content (AvgIpc) is 2.82. The minimum atomic E-state index is -0.762. The molecule has 0 saturated heterocycles. The molecule has 6 nitrogen and oxygen atoms in total. The summed E-state index contributed by atoms with van der Waals surface area (Å²) in [6.07, 6.45) is 3.68. The van der Waals surface area contributed by atoms with Crippen molar-refractivity contribution >= 4 is 11.9 Å². The van der Waals surface area contributed by atoms with Crippen LogP contribution < -0.4 is 5.32 Å². The standard InChI is InChI=1S/C14H23N3O3/c1-3-4-11(5-6-13(18)19)7-8-15-14(20)12-9-10(2)16-17-12/h9,11H,3-8H2,1-2H3,(H,15,20)(H,16,17)(H,18,19). The van der Waals surface area contributed by atoms with Crippen LogP contribution in [0.2, 0.25) is 0 Å². The van der Waals surface area contributed by atoms with E-state index in [1.807, 2.05) is 6.92 Å². The minimum absolute atomic E-state index is 0.192. The van der Waals surface area contributed by atoms with Crippen molar-refractivity contribution in [3.8, 4) is 0 Å². The molecular formula is C14H23N3O3. The molecule has 0 aliphatic heterocycles. The van der Waals surface area contributed by atoms with Gasteiger partial charge in [0.1, 0.15) is 5.69 Å². The van der Waals surface area contributed by atoms with Gasteiger partial charge < -0.3 is 10.4 Å². The molecule has 0 aliphatic rings. The molecule has 1 amide bonds. The van der Waals surface area contributed by atoms with Gasteiger partial charge in [-0.2, -0.15) is 5.10 Å². The van der Waals surface area contributed by atoms with Crippen LogP contribution in [-0.2, 0) is 4.79 Å². The Labute approximate surface area is 119 Å². The van der Waals surface area contributed by atoms with Crippen molar-refractivity contribution in [1.82, 2.24) is 15.5 Å². The van der Waals surface area contributed by atoms with E-state index in [1.165, 1.54) is 0 Å². The molecule has 1 heterocycles. The summed E-state index contributed by atoms with van der Waals surface area (Å²) in [5.41, 5.74) is 1.24. The fourth-order valence-corrected chi connectivity index (χ4v) is 2.18. The first-order chi connectivity index (χ1) is 9.52. The summed E-state index contributed by atoms with van der Waals surface area (Å²) < 4.78 is 0. The van der Waals surface area contributed by atoms with Gasteiger partial charge in [0.05, 0.1) is 0 Å². The second-order valence-electron chi connectivity index (χ2n) is 5.07. The van der Waals surface area contributed by atoms with Crippen LogP contribution in [0, 0.1) is 12.8 Å². The number of carboxylic acids is 1. The predicted molar refractivity (Wildman–Crippen MR) is 75.5 cm³/mol. The molecule has 1 aromatic rings. The molecule has 112 valence electrons. The van der Waals surface area contributed by atoms with Crippen molar-refractivity contribution in [2.45, 2.75) is 46.0 Å². The first-order valence-electron chi connectivity index (χ1n) is 7.05. The van der Waals surface area contributed by atoms with Crippen molar-refractivity contribution in [1.29, 1.82) is 0 Å². The topological polar surface area (TPSA) is 95.1 Å². The molecule has 20 heavy (non-hydrogen) atoms. The smallest absolute Gasteiger partial charge is 0.303 e. The Bertz CT molecular complexity index is 443. The van der Waals surface area contributed by atoms with E-state index < -0.39 is 5.97 Å². The lowest BCUT2D eigenvalue weighted by Crippen LogP contribution is -2.26. The van der Waals surface area contributed by atoms with E-state index in [9.17, 15) is 9.59 Å². The summed E-state index contributed by atoms with van der Waals surface area (Å²) in [4.78, 5) is 22.4. The molecule has 1 rings (SSSR count). The molecule has 1 unspecified atom stereocenters. The number of nitrogens with one attached hydrogen (secondary N) is 2. The van der Waals surface area contributed by atoms with E-state index in [1.54, 1.807) is 6.07 Å². The molecule has 0 saturated carbocycles. The molecule has 0 fully saturated rings. The van der Waals surface area contributed by atoms with Crippen LogP contribution in [0.1, 0.15) is 55.2 Å². The Kier molecular flexibility index (Phi) is 6.76. The predicted octanol–water partition coefficient (Wildman–Crippen LogP) is 2.12. The zero-order chi connectivity index (χ0) is 15.0.